The molecular formula is C22H24N2O3. The molecule has 1 aliphatic heterocycles. The van der Waals surface area contributed by atoms with Crippen molar-refractivity contribution in [2.24, 2.45) is 23.7 Å². The summed E-state index contributed by atoms with van der Waals surface area (Å²) in [6.45, 7) is 0.417. The van der Waals surface area contributed by atoms with Crippen molar-refractivity contribution in [2.45, 2.75) is 31.1 Å². The number of rotatable bonds is 5. The van der Waals surface area contributed by atoms with Gasteiger partial charge < -0.3 is 5.32 Å². The molecule has 5 heteroatoms. The van der Waals surface area contributed by atoms with Crippen LogP contribution in [0, 0.1) is 23.7 Å². The molecule has 4 aliphatic rings. The van der Waals surface area contributed by atoms with E-state index in [-0.39, 0.29) is 53.4 Å². The second-order valence-corrected chi connectivity index (χ2v) is 8.54. The van der Waals surface area contributed by atoms with Crippen LogP contribution in [0.25, 0.3) is 0 Å². The largest absolute Gasteiger partial charge is 0.354 e. The highest BCUT2D eigenvalue weighted by Crippen LogP contribution is 2.52. The quantitative estimate of drug-likeness (QED) is 0.642. The molecule has 1 heterocycles. The van der Waals surface area contributed by atoms with E-state index in [1.165, 1.54) is 10.5 Å². The third-order valence-electron chi connectivity index (χ3n) is 7.18. The Balaban J connectivity index is 1.23. The predicted octanol–water partition coefficient (Wildman–Crippen LogP) is 2.03. The molecule has 0 unspecified atom stereocenters. The second-order valence-electron chi connectivity index (χ2n) is 8.54. The van der Waals surface area contributed by atoms with E-state index in [4.69, 9.17) is 0 Å². The van der Waals surface area contributed by atoms with Gasteiger partial charge in [-0.05, 0) is 36.7 Å². The molecule has 0 radical (unpaired) electrons. The van der Waals surface area contributed by atoms with Crippen molar-refractivity contribution < 1.29 is 14.4 Å². The van der Waals surface area contributed by atoms with Crippen molar-refractivity contribution in [2.75, 3.05) is 13.1 Å². The van der Waals surface area contributed by atoms with E-state index in [1.54, 1.807) is 0 Å². The highest BCUT2D eigenvalue weighted by molar-refractivity contribution is 6.08. The number of nitrogens with one attached hydrogen (secondary N) is 1. The summed E-state index contributed by atoms with van der Waals surface area (Å²) in [5, 5.41) is 2.99. The van der Waals surface area contributed by atoms with Gasteiger partial charge in [0, 0.05) is 12.0 Å². The SMILES string of the molecule is O=C(CN1C(=O)[C@@H]2[C@@H](C1=O)[C@H]1C=C[C@H]2C1)NCC1(c2ccccc2)CCC1. The van der Waals surface area contributed by atoms with Crippen molar-refractivity contribution in [3.63, 3.8) is 0 Å². The van der Waals surface area contributed by atoms with Gasteiger partial charge in [-0.15, -0.1) is 0 Å². The fraction of sp³-hybridized carbons (Fsp3) is 0.500. The maximum atomic E-state index is 12.7. The summed E-state index contributed by atoms with van der Waals surface area (Å²) in [7, 11) is 0. The highest BCUT2D eigenvalue weighted by atomic mass is 16.2. The zero-order chi connectivity index (χ0) is 18.6. The van der Waals surface area contributed by atoms with Gasteiger partial charge in [-0.25, -0.2) is 0 Å². The fourth-order valence-electron chi connectivity index (χ4n) is 5.55. The Bertz CT molecular complexity index is 797. The van der Waals surface area contributed by atoms with Crippen LogP contribution in [0.2, 0.25) is 0 Å². The van der Waals surface area contributed by atoms with Gasteiger partial charge in [0.25, 0.3) is 0 Å². The molecule has 27 heavy (non-hydrogen) atoms. The minimum absolute atomic E-state index is 0.00448. The number of nitrogens with zero attached hydrogens (tertiary/aromatic N) is 1. The van der Waals surface area contributed by atoms with E-state index >= 15 is 0 Å². The summed E-state index contributed by atoms with van der Waals surface area (Å²) in [5.74, 6) is -0.650. The molecule has 5 rings (SSSR count). The predicted molar refractivity (Wildman–Crippen MR) is 99.4 cm³/mol. The van der Waals surface area contributed by atoms with Crippen LogP contribution >= 0.6 is 0 Å². The number of imide groups is 1. The van der Waals surface area contributed by atoms with E-state index in [0.717, 1.165) is 25.7 Å². The average Bonchev–Trinajstić information content (AvgIpc) is 3.32. The number of likely N-dealkylation sites (tertiary alicyclic amines) is 1. The van der Waals surface area contributed by atoms with Crippen LogP contribution in [0.1, 0.15) is 31.2 Å². The van der Waals surface area contributed by atoms with Gasteiger partial charge in [0.2, 0.25) is 17.7 Å². The Hall–Kier alpha value is -2.43. The van der Waals surface area contributed by atoms with Crippen molar-refractivity contribution in [1.29, 1.82) is 0 Å². The highest BCUT2D eigenvalue weighted by Gasteiger charge is 2.59. The minimum Gasteiger partial charge on any atom is -0.354 e. The zero-order valence-electron chi connectivity index (χ0n) is 15.3. The number of hydrogen-bond donors (Lipinski definition) is 1. The van der Waals surface area contributed by atoms with Crippen LogP contribution in [-0.2, 0) is 19.8 Å². The third-order valence-corrected chi connectivity index (χ3v) is 7.18. The molecule has 1 aromatic carbocycles. The normalized spacial score (nSPS) is 32.5. The summed E-state index contributed by atoms with van der Waals surface area (Å²) in [6.07, 6.45) is 8.32. The van der Waals surface area contributed by atoms with Gasteiger partial charge in [0.15, 0.2) is 0 Å². The van der Waals surface area contributed by atoms with Gasteiger partial charge in [-0.2, -0.15) is 0 Å². The second kappa shape index (κ2) is 6.04. The zero-order valence-corrected chi connectivity index (χ0v) is 15.3. The van der Waals surface area contributed by atoms with Gasteiger partial charge in [-0.1, -0.05) is 48.9 Å². The standard InChI is InChI=1S/C22H24N2O3/c25-17(23-13-22(9-4-10-22)16-5-2-1-3-6-16)12-24-20(26)18-14-7-8-15(11-14)19(18)21(24)27/h1-3,5-8,14-15,18-19H,4,9-13H2,(H,23,25)/t14-,15-,18-,19-/m0/s1. The molecule has 1 aromatic rings. The van der Waals surface area contributed by atoms with Crippen molar-refractivity contribution in [3.8, 4) is 0 Å². The Morgan fingerprint density at radius 3 is 2.22 bits per heavy atom. The van der Waals surface area contributed by atoms with Crippen molar-refractivity contribution >= 4 is 17.7 Å². The first-order valence-corrected chi connectivity index (χ1v) is 9.95. The lowest BCUT2D eigenvalue weighted by atomic mass is 9.64. The lowest BCUT2D eigenvalue weighted by Crippen LogP contribution is -2.48. The maximum absolute atomic E-state index is 12.7. The number of hydrogen-bond acceptors (Lipinski definition) is 3. The molecule has 3 amide bonds. The fourth-order valence-corrected chi connectivity index (χ4v) is 5.55. The topological polar surface area (TPSA) is 66.5 Å². The molecule has 2 bridgehead atoms. The molecule has 0 spiro atoms. The summed E-state index contributed by atoms with van der Waals surface area (Å²) < 4.78 is 0. The molecule has 5 nitrogen and oxygen atoms in total. The summed E-state index contributed by atoms with van der Waals surface area (Å²) in [5.41, 5.74) is 1.25. The third kappa shape index (κ3) is 2.47. The van der Waals surface area contributed by atoms with Crippen molar-refractivity contribution in [3.05, 3.63) is 48.0 Å². The van der Waals surface area contributed by atoms with Crippen LogP contribution in [0.5, 0.6) is 0 Å². The molecule has 3 aliphatic carbocycles. The molecular weight excluding hydrogens is 340 g/mol. The molecule has 140 valence electrons. The molecule has 1 N–H and O–H groups in total. The van der Waals surface area contributed by atoms with E-state index in [9.17, 15) is 14.4 Å². The monoisotopic (exact) mass is 364 g/mol. The van der Waals surface area contributed by atoms with Crippen LogP contribution in [-0.4, -0.2) is 35.7 Å². The molecule has 4 atom stereocenters. The number of amides is 3. The Labute approximate surface area is 158 Å². The van der Waals surface area contributed by atoms with Crippen LogP contribution in [0.3, 0.4) is 0 Å². The molecule has 3 fully saturated rings. The number of fused-ring (bicyclic) bond motifs is 5. The van der Waals surface area contributed by atoms with Crippen LogP contribution in [0.15, 0.2) is 42.5 Å². The minimum atomic E-state index is -0.237. The summed E-state index contributed by atoms with van der Waals surface area (Å²) in [6, 6.07) is 10.3. The van der Waals surface area contributed by atoms with Gasteiger partial charge >= 0.3 is 0 Å². The molecule has 2 saturated carbocycles. The smallest absolute Gasteiger partial charge is 0.240 e. The first-order valence-electron chi connectivity index (χ1n) is 9.95. The van der Waals surface area contributed by atoms with E-state index in [0.29, 0.717) is 6.54 Å². The number of benzene rings is 1. The van der Waals surface area contributed by atoms with Crippen LogP contribution in [0.4, 0.5) is 0 Å². The summed E-state index contributed by atoms with van der Waals surface area (Å²) >= 11 is 0. The van der Waals surface area contributed by atoms with E-state index in [2.05, 4.69) is 29.6 Å². The summed E-state index contributed by atoms with van der Waals surface area (Å²) in [4.78, 5) is 39.1. The van der Waals surface area contributed by atoms with Gasteiger partial charge in [0.05, 0.1) is 11.8 Å². The van der Waals surface area contributed by atoms with Crippen LogP contribution < -0.4 is 5.32 Å². The van der Waals surface area contributed by atoms with E-state index in [1.807, 2.05) is 18.2 Å². The molecule has 0 aromatic heterocycles. The molecule has 1 saturated heterocycles. The van der Waals surface area contributed by atoms with Gasteiger partial charge in [0.1, 0.15) is 6.54 Å². The number of carbonyl (C=O) groups excluding carboxylic acids is 3. The lowest BCUT2D eigenvalue weighted by molar-refractivity contribution is -0.144. The van der Waals surface area contributed by atoms with E-state index < -0.39 is 0 Å². The van der Waals surface area contributed by atoms with Crippen molar-refractivity contribution in [1.82, 2.24) is 10.2 Å². The lowest BCUT2D eigenvalue weighted by Gasteiger charge is -2.42. The number of carbonyl (C=O) groups is 3. The Kier molecular flexibility index (Phi) is 3.74. The number of allylic oxidation sites excluding steroid dienone is 2. The first kappa shape index (κ1) is 16.7. The maximum Gasteiger partial charge on any atom is 0.240 e. The Morgan fingerprint density at radius 1 is 1.04 bits per heavy atom. The average molecular weight is 364 g/mol. The van der Waals surface area contributed by atoms with Gasteiger partial charge in [-0.3, -0.25) is 19.3 Å². The first-order chi connectivity index (χ1) is 13.1. The Morgan fingerprint density at radius 2 is 1.67 bits per heavy atom.